The first kappa shape index (κ1) is 32.7. The highest BCUT2D eigenvalue weighted by Crippen LogP contribution is 2.26. The summed E-state index contributed by atoms with van der Waals surface area (Å²) in [6, 6.07) is 15.7. The van der Waals surface area contributed by atoms with E-state index < -0.39 is 31.3 Å². The zero-order valence-corrected chi connectivity index (χ0v) is 27.1. The molecule has 0 aliphatic carbocycles. The fourth-order valence-electron chi connectivity index (χ4n) is 4.77. The minimum atomic E-state index is -1.48. The largest absolute Gasteiger partial charge is 0.485 e. The quantitative estimate of drug-likeness (QED) is 0.167. The van der Waals surface area contributed by atoms with Crippen LogP contribution < -0.4 is 15.4 Å². The maximum atomic E-state index is 14.2. The smallest absolute Gasteiger partial charge is 0.407 e. The number of aromatic nitrogens is 2. The third kappa shape index (κ3) is 8.43. The van der Waals surface area contributed by atoms with Gasteiger partial charge in [0.2, 0.25) is 0 Å². The molecule has 0 aliphatic heterocycles. The number of benzene rings is 2. The summed E-state index contributed by atoms with van der Waals surface area (Å²) in [4.78, 5) is 31.0. The highest BCUT2D eigenvalue weighted by atomic mass is 28.3. The number of alkyl carbamates (subject to hydrolysis) is 1. The summed E-state index contributed by atoms with van der Waals surface area (Å²) < 4.78 is 41.3. The van der Waals surface area contributed by atoms with E-state index in [4.69, 9.17) is 9.47 Å². The zero-order valence-electron chi connectivity index (χ0n) is 26.1. The molecule has 2 aromatic carbocycles. The van der Waals surface area contributed by atoms with Crippen LogP contribution in [-0.2, 0) is 18.0 Å². The van der Waals surface area contributed by atoms with Crippen LogP contribution in [0.25, 0.3) is 5.65 Å². The van der Waals surface area contributed by atoms with Gasteiger partial charge in [0.05, 0.1) is 16.8 Å². The van der Waals surface area contributed by atoms with Crippen molar-refractivity contribution in [1.82, 2.24) is 20.0 Å². The van der Waals surface area contributed by atoms with Crippen LogP contribution in [-0.4, -0.2) is 41.5 Å². The van der Waals surface area contributed by atoms with Gasteiger partial charge in [0.15, 0.2) is 11.4 Å². The lowest BCUT2D eigenvalue weighted by molar-refractivity contribution is 0.0923. The van der Waals surface area contributed by atoms with Gasteiger partial charge in [-0.05, 0) is 56.5 Å². The van der Waals surface area contributed by atoms with Gasteiger partial charge in [-0.15, -0.1) is 0 Å². The number of carbonyl (C=O) groups is 2. The number of aryl methyl sites for hydroxylation is 2. The average Bonchev–Trinajstić information content (AvgIpc) is 3.29. The van der Waals surface area contributed by atoms with Crippen LogP contribution in [0.4, 0.5) is 13.6 Å². The molecule has 4 aromatic rings. The number of carbonyl (C=O) groups excluding carboxylic acids is 2. The molecule has 0 radical (unpaired) electrons. The minimum absolute atomic E-state index is 0.136. The van der Waals surface area contributed by atoms with E-state index in [9.17, 15) is 18.4 Å². The third-order valence-corrected chi connectivity index (χ3v) is 9.08. The molecule has 1 unspecified atom stereocenters. The summed E-state index contributed by atoms with van der Waals surface area (Å²) in [7, 11) is -1.48. The molecule has 2 N–H and O–H groups in total. The second-order valence-electron chi connectivity index (χ2n) is 12.6. The molecule has 2 aromatic heterocycles. The second kappa shape index (κ2) is 13.6. The van der Waals surface area contributed by atoms with Gasteiger partial charge in [-0.3, -0.25) is 9.20 Å². The van der Waals surface area contributed by atoms with E-state index >= 15 is 0 Å². The number of pyridine rings is 1. The Morgan fingerprint density at radius 2 is 1.68 bits per heavy atom. The molecule has 0 saturated heterocycles. The molecule has 4 rings (SSSR count). The van der Waals surface area contributed by atoms with Crippen molar-refractivity contribution < 1.29 is 27.8 Å². The van der Waals surface area contributed by atoms with Crippen LogP contribution in [0, 0.1) is 25.5 Å². The van der Waals surface area contributed by atoms with Gasteiger partial charge in [-0.2, -0.15) is 0 Å². The highest BCUT2D eigenvalue weighted by molar-refractivity contribution is 6.76. The molecule has 11 heteroatoms. The lowest BCUT2D eigenvalue weighted by atomic mass is 9.99. The molecule has 0 aliphatic rings. The van der Waals surface area contributed by atoms with Crippen LogP contribution in [0.1, 0.15) is 46.2 Å². The summed E-state index contributed by atoms with van der Waals surface area (Å²) in [6.45, 7) is 12.1. The van der Waals surface area contributed by atoms with Crippen molar-refractivity contribution >= 4 is 25.7 Å². The first-order valence-electron chi connectivity index (χ1n) is 14.6. The summed E-state index contributed by atoms with van der Waals surface area (Å²) in [5.74, 6) is -1.51. The number of amides is 2. The lowest BCUT2D eigenvalue weighted by Gasteiger charge is -2.33. The molecule has 1 atom stereocenters. The van der Waals surface area contributed by atoms with Gasteiger partial charge >= 0.3 is 6.09 Å². The number of imidazole rings is 1. The molecule has 234 valence electrons. The topological polar surface area (TPSA) is 94.0 Å². The number of hydrogen-bond donors (Lipinski definition) is 2. The first-order valence-corrected chi connectivity index (χ1v) is 18.3. The maximum Gasteiger partial charge on any atom is 0.407 e. The molecule has 2 heterocycles. The van der Waals surface area contributed by atoms with Crippen molar-refractivity contribution in [3.63, 3.8) is 0 Å². The Balaban J connectivity index is 1.51. The van der Waals surface area contributed by atoms with Gasteiger partial charge in [0, 0.05) is 20.8 Å². The Bertz CT molecular complexity index is 1620. The van der Waals surface area contributed by atoms with Gasteiger partial charge in [0.25, 0.3) is 5.91 Å². The molecule has 2 amide bonds. The van der Waals surface area contributed by atoms with E-state index in [1.54, 1.807) is 23.6 Å². The van der Waals surface area contributed by atoms with E-state index in [-0.39, 0.29) is 37.0 Å². The highest BCUT2D eigenvalue weighted by Gasteiger charge is 2.31. The van der Waals surface area contributed by atoms with E-state index in [2.05, 4.69) is 35.3 Å². The van der Waals surface area contributed by atoms with E-state index in [1.165, 1.54) is 18.2 Å². The Morgan fingerprint density at radius 3 is 2.34 bits per heavy atom. The summed E-state index contributed by atoms with van der Waals surface area (Å²) in [5, 5.41) is 5.98. The van der Waals surface area contributed by atoms with Crippen LogP contribution in [0.2, 0.25) is 25.7 Å². The van der Waals surface area contributed by atoms with E-state index in [0.717, 1.165) is 17.2 Å². The number of ether oxygens (including phenoxy) is 2. The van der Waals surface area contributed by atoms with Gasteiger partial charge in [-0.1, -0.05) is 62.1 Å². The molecule has 44 heavy (non-hydrogen) atoms. The van der Waals surface area contributed by atoms with Crippen molar-refractivity contribution in [1.29, 1.82) is 0 Å². The fourth-order valence-corrected chi connectivity index (χ4v) is 6.07. The van der Waals surface area contributed by atoms with Crippen molar-refractivity contribution in [3.05, 3.63) is 101 Å². The minimum Gasteiger partial charge on any atom is -0.485 e. The van der Waals surface area contributed by atoms with Crippen LogP contribution in [0.5, 0.6) is 5.75 Å². The Morgan fingerprint density at radius 1 is 1.00 bits per heavy atom. The molecule has 0 saturated carbocycles. The summed E-state index contributed by atoms with van der Waals surface area (Å²) >= 11 is 0. The lowest BCUT2D eigenvalue weighted by Crippen LogP contribution is -2.54. The predicted octanol–water partition coefficient (Wildman–Crippen LogP) is 6.95. The monoisotopic (exact) mass is 622 g/mol. The Labute approximate surface area is 257 Å². The second-order valence-corrected chi connectivity index (χ2v) is 18.2. The molecule has 8 nitrogen and oxygen atoms in total. The maximum absolute atomic E-state index is 14.2. The van der Waals surface area contributed by atoms with Crippen molar-refractivity contribution in [3.8, 4) is 5.75 Å². The number of rotatable bonds is 12. The van der Waals surface area contributed by atoms with E-state index in [0.29, 0.717) is 23.5 Å². The summed E-state index contributed by atoms with van der Waals surface area (Å²) in [6.07, 6.45) is 1.85. The molecular weight excluding hydrogens is 582 g/mol. The fraction of sp³-hybridized carbons (Fsp3) is 0.364. The zero-order chi connectivity index (χ0) is 32.1. The molecular formula is C33H40F2N4O4Si. The SMILES string of the molecule is Cc1cc(OCc2c(F)cccc2F)c2nc(C)c(C(=O)NCC(C)(CC[Si](C)(C)C)NC(=O)OCc3ccccc3)n2c1. The number of hydrogen-bond acceptors (Lipinski definition) is 5. The number of nitrogens with one attached hydrogen (secondary N) is 2. The number of halogens is 2. The standard InChI is InChI=1S/C33H40F2N4O4Si/c1-22-17-28(42-20-25-26(34)13-10-14-27(25)35)30-37-23(2)29(39(30)18-22)31(40)36-21-33(3,15-16-44(4,5)6)38-32(41)43-19-24-11-8-7-9-12-24/h7-14,17-18H,15-16,19-21H2,1-6H3,(H,36,40)(H,38,41). The van der Waals surface area contributed by atoms with Crippen LogP contribution >= 0.6 is 0 Å². The van der Waals surface area contributed by atoms with Gasteiger partial charge in [0.1, 0.15) is 30.5 Å². The number of nitrogens with zero attached hydrogens (tertiary/aromatic N) is 2. The predicted molar refractivity (Wildman–Crippen MR) is 169 cm³/mol. The molecule has 0 fully saturated rings. The van der Waals surface area contributed by atoms with Crippen LogP contribution in [0.3, 0.4) is 0 Å². The van der Waals surface area contributed by atoms with Crippen molar-refractivity contribution in [2.75, 3.05) is 6.54 Å². The van der Waals surface area contributed by atoms with Crippen molar-refractivity contribution in [2.24, 2.45) is 0 Å². The molecule has 0 bridgehead atoms. The Hall–Kier alpha value is -4.25. The van der Waals surface area contributed by atoms with Gasteiger partial charge < -0.3 is 20.1 Å². The molecule has 0 spiro atoms. The number of fused-ring (bicyclic) bond motifs is 1. The van der Waals surface area contributed by atoms with Crippen LogP contribution in [0.15, 0.2) is 60.8 Å². The third-order valence-electron chi connectivity index (χ3n) is 7.33. The van der Waals surface area contributed by atoms with E-state index in [1.807, 2.05) is 44.2 Å². The normalized spacial score (nSPS) is 12.9. The average molecular weight is 623 g/mol. The Kier molecular flexibility index (Phi) is 10.1. The van der Waals surface area contributed by atoms with Gasteiger partial charge in [-0.25, -0.2) is 18.6 Å². The van der Waals surface area contributed by atoms with Crippen molar-refractivity contribution in [2.45, 2.75) is 71.6 Å². The summed E-state index contributed by atoms with van der Waals surface area (Å²) in [5.41, 5.74) is 1.77. The first-order chi connectivity index (χ1) is 20.7.